The van der Waals surface area contributed by atoms with Crippen LogP contribution in [-0.2, 0) is 0 Å². The Morgan fingerprint density at radius 3 is 2.85 bits per heavy atom. The summed E-state index contributed by atoms with van der Waals surface area (Å²) in [6, 6.07) is 2.01. The Morgan fingerprint density at radius 2 is 2.20 bits per heavy atom. The van der Waals surface area contributed by atoms with Crippen LogP contribution >= 0.6 is 39.9 Å². The van der Waals surface area contributed by atoms with Crippen molar-refractivity contribution in [3.8, 4) is 5.75 Å². The quantitative estimate of drug-likeness (QED) is 0.798. The Balaban J connectivity index is 0.00000200. The third-order valence-electron chi connectivity index (χ3n) is 3.75. The molecule has 114 valence electrons. The molecule has 1 fully saturated rings. The molecule has 5 heteroatoms. The van der Waals surface area contributed by atoms with Crippen LogP contribution in [0.3, 0.4) is 0 Å². The molecule has 1 aliphatic rings. The van der Waals surface area contributed by atoms with E-state index >= 15 is 0 Å². The summed E-state index contributed by atoms with van der Waals surface area (Å²) in [7, 11) is 0. The molecule has 1 saturated heterocycles. The minimum atomic E-state index is 0. The van der Waals surface area contributed by atoms with E-state index in [1.807, 2.05) is 19.9 Å². The maximum atomic E-state index is 6.22. The summed E-state index contributed by atoms with van der Waals surface area (Å²) in [6.07, 6.45) is 3.71. The zero-order valence-corrected chi connectivity index (χ0v) is 15.1. The van der Waals surface area contributed by atoms with Crippen LogP contribution in [-0.4, -0.2) is 19.7 Å². The molecule has 2 rings (SSSR count). The molecule has 1 aromatic carbocycles. The first-order valence-corrected chi connectivity index (χ1v) is 8.05. The Morgan fingerprint density at radius 1 is 1.45 bits per heavy atom. The summed E-state index contributed by atoms with van der Waals surface area (Å²) < 4.78 is 6.90. The van der Waals surface area contributed by atoms with Gasteiger partial charge in [0.1, 0.15) is 5.75 Å². The van der Waals surface area contributed by atoms with Crippen molar-refractivity contribution in [2.24, 2.45) is 5.92 Å². The van der Waals surface area contributed by atoms with E-state index in [2.05, 4.69) is 21.2 Å². The van der Waals surface area contributed by atoms with Crippen LogP contribution in [0, 0.1) is 19.8 Å². The number of hydrogen-bond acceptors (Lipinski definition) is 2. The first kappa shape index (κ1) is 18.1. The molecule has 0 radical (unpaired) electrons. The van der Waals surface area contributed by atoms with Crippen molar-refractivity contribution in [1.82, 2.24) is 5.32 Å². The van der Waals surface area contributed by atoms with Gasteiger partial charge in [0.15, 0.2) is 0 Å². The second kappa shape index (κ2) is 8.47. The van der Waals surface area contributed by atoms with E-state index in [0.717, 1.165) is 51.9 Å². The van der Waals surface area contributed by atoms with E-state index in [9.17, 15) is 0 Å². The van der Waals surface area contributed by atoms with E-state index in [0.29, 0.717) is 0 Å². The van der Waals surface area contributed by atoms with Crippen LogP contribution in [0.4, 0.5) is 0 Å². The van der Waals surface area contributed by atoms with Gasteiger partial charge in [-0.05, 0) is 85.2 Å². The molecule has 0 spiro atoms. The Hall–Kier alpha value is 0.0400. The molecule has 20 heavy (non-hydrogen) atoms. The van der Waals surface area contributed by atoms with Gasteiger partial charge in [-0.3, -0.25) is 0 Å². The van der Waals surface area contributed by atoms with Crippen LogP contribution in [0.2, 0.25) is 5.02 Å². The topological polar surface area (TPSA) is 21.3 Å². The van der Waals surface area contributed by atoms with E-state index in [1.165, 1.54) is 19.4 Å². The summed E-state index contributed by atoms with van der Waals surface area (Å²) in [5, 5.41) is 4.25. The summed E-state index contributed by atoms with van der Waals surface area (Å²) >= 11 is 9.79. The van der Waals surface area contributed by atoms with Gasteiger partial charge in [0.05, 0.1) is 11.1 Å². The predicted molar refractivity (Wildman–Crippen MR) is 91.6 cm³/mol. The van der Waals surface area contributed by atoms with Crippen LogP contribution in [0.25, 0.3) is 0 Å². The van der Waals surface area contributed by atoms with Crippen molar-refractivity contribution in [2.75, 3.05) is 19.7 Å². The fourth-order valence-corrected chi connectivity index (χ4v) is 3.20. The molecule has 1 aliphatic heterocycles. The first-order valence-electron chi connectivity index (χ1n) is 6.88. The van der Waals surface area contributed by atoms with Gasteiger partial charge in [0.25, 0.3) is 0 Å². The molecule has 1 atom stereocenters. The number of piperidine rings is 1. The van der Waals surface area contributed by atoms with Gasteiger partial charge in [-0.15, -0.1) is 12.4 Å². The zero-order valence-electron chi connectivity index (χ0n) is 12.0. The van der Waals surface area contributed by atoms with Crippen LogP contribution in [0.5, 0.6) is 5.75 Å². The molecule has 1 N–H and O–H groups in total. The average molecular weight is 383 g/mol. The Labute approximate surface area is 141 Å². The van der Waals surface area contributed by atoms with Gasteiger partial charge in [-0.25, -0.2) is 0 Å². The molecule has 1 unspecified atom stereocenters. The number of halogens is 3. The minimum absolute atomic E-state index is 0. The second-order valence-electron chi connectivity index (χ2n) is 5.29. The highest BCUT2D eigenvalue weighted by atomic mass is 79.9. The van der Waals surface area contributed by atoms with Crippen molar-refractivity contribution in [1.29, 1.82) is 0 Å². The van der Waals surface area contributed by atoms with Crippen molar-refractivity contribution < 1.29 is 4.74 Å². The first-order chi connectivity index (χ1) is 9.09. The normalized spacial score (nSPS) is 18.5. The average Bonchev–Trinajstić information content (AvgIpc) is 2.43. The Bertz CT molecular complexity index is 448. The summed E-state index contributed by atoms with van der Waals surface area (Å²) in [4.78, 5) is 0. The molecular weight excluding hydrogens is 361 g/mol. The third kappa shape index (κ3) is 4.52. The SMILES string of the molecule is Cc1cc(OCCC2CCCNC2)c(Br)c(C)c1Cl.Cl. The van der Waals surface area contributed by atoms with Gasteiger partial charge in [0.2, 0.25) is 0 Å². The van der Waals surface area contributed by atoms with E-state index in [1.54, 1.807) is 0 Å². The van der Waals surface area contributed by atoms with Gasteiger partial charge in [-0.1, -0.05) is 11.6 Å². The van der Waals surface area contributed by atoms with Crippen molar-refractivity contribution in [3.63, 3.8) is 0 Å². The number of benzene rings is 1. The maximum absolute atomic E-state index is 6.22. The number of hydrogen-bond donors (Lipinski definition) is 1. The van der Waals surface area contributed by atoms with E-state index in [4.69, 9.17) is 16.3 Å². The second-order valence-corrected chi connectivity index (χ2v) is 6.47. The lowest BCUT2D eigenvalue weighted by molar-refractivity contribution is 0.253. The van der Waals surface area contributed by atoms with Crippen molar-refractivity contribution >= 4 is 39.9 Å². The molecule has 2 nitrogen and oxygen atoms in total. The van der Waals surface area contributed by atoms with Gasteiger partial charge in [-0.2, -0.15) is 0 Å². The molecule has 0 amide bonds. The number of ether oxygens (including phenoxy) is 1. The molecule has 0 aliphatic carbocycles. The van der Waals surface area contributed by atoms with Crippen molar-refractivity contribution in [3.05, 3.63) is 26.7 Å². The third-order valence-corrected chi connectivity index (χ3v) is 5.32. The highest BCUT2D eigenvalue weighted by Gasteiger charge is 2.14. The maximum Gasteiger partial charge on any atom is 0.134 e. The fourth-order valence-electron chi connectivity index (χ4n) is 2.51. The predicted octanol–water partition coefficient (Wildman–Crippen LogP) is 4.91. The summed E-state index contributed by atoms with van der Waals surface area (Å²) in [5.41, 5.74) is 2.12. The molecular formula is C15H22BrCl2NO. The number of aryl methyl sites for hydroxylation is 1. The van der Waals surface area contributed by atoms with Gasteiger partial charge in [0, 0.05) is 5.02 Å². The lowest BCUT2D eigenvalue weighted by Crippen LogP contribution is -2.30. The summed E-state index contributed by atoms with van der Waals surface area (Å²) in [5.74, 6) is 1.66. The zero-order chi connectivity index (χ0) is 13.8. The lowest BCUT2D eigenvalue weighted by Gasteiger charge is -2.23. The largest absolute Gasteiger partial charge is 0.492 e. The standard InChI is InChI=1S/C15H21BrClNO.ClH/c1-10-8-13(14(16)11(2)15(10)17)19-7-5-12-4-3-6-18-9-12;/h8,12,18H,3-7,9H2,1-2H3;1H. The molecule has 0 saturated carbocycles. The molecule has 1 heterocycles. The van der Waals surface area contributed by atoms with Crippen LogP contribution in [0.15, 0.2) is 10.5 Å². The highest BCUT2D eigenvalue weighted by Crippen LogP contribution is 2.35. The van der Waals surface area contributed by atoms with Crippen LogP contribution in [0.1, 0.15) is 30.4 Å². The lowest BCUT2D eigenvalue weighted by atomic mass is 9.97. The molecule has 1 aromatic rings. The van der Waals surface area contributed by atoms with E-state index in [-0.39, 0.29) is 12.4 Å². The summed E-state index contributed by atoms with van der Waals surface area (Å²) in [6.45, 7) is 7.09. The molecule has 0 bridgehead atoms. The van der Waals surface area contributed by atoms with Gasteiger partial charge < -0.3 is 10.1 Å². The number of nitrogens with one attached hydrogen (secondary N) is 1. The fraction of sp³-hybridized carbons (Fsp3) is 0.600. The van der Waals surface area contributed by atoms with E-state index < -0.39 is 0 Å². The smallest absolute Gasteiger partial charge is 0.134 e. The monoisotopic (exact) mass is 381 g/mol. The number of rotatable bonds is 4. The molecule has 0 aromatic heterocycles. The Kier molecular flexibility index (Phi) is 7.67. The van der Waals surface area contributed by atoms with Crippen molar-refractivity contribution in [2.45, 2.75) is 33.1 Å². The van der Waals surface area contributed by atoms with Gasteiger partial charge >= 0.3 is 0 Å². The van der Waals surface area contributed by atoms with Crippen LogP contribution < -0.4 is 10.1 Å². The minimum Gasteiger partial charge on any atom is -0.492 e. The highest BCUT2D eigenvalue weighted by molar-refractivity contribution is 9.10.